The standard InChI is InChI=1S/C15H21N5O/c1-10-5-4-6-11(2)14(10)20-15(16-17-18-20)13-8-7-12(9-21)19(13)3/h4-6,12-13,21H,7-9H2,1-3H3/t12-,13+/m0/s1. The van der Waals surface area contributed by atoms with Gasteiger partial charge in [-0.2, -0.15) is 4.68 Å². The molecule has 1 N–H and O–H groups in total. The number of likely N-dealkylation sites (N-methyl/N-ethyl adjacent to an activating group) is 1. The van der Waals surface area contributed by atoms with E-state index in [0.717, 1.165) is 35.5 Å². The quantitative estimate of drug-likeness (QED) is 0.924. The summed E-state index contributed by atoms with van der Waals surface area (Å²) in [6.07, 6.45) is 1.93. The fourth-order valence-electron chi connectivity index (χ4n) is 3.24. The summed E-state index contributed by atoms with van der Waals surface area (Å²) in [6, 6.07) is 6.53. The Morgan fingerprint density at radius 2 is 1.95 bits per heavy atom. The van der Waals surface area contributed by atoms with E-state index in [-0.39, 0.29) is 18.7 Å². The van der Waals surface area contributed by atoms with Gasteiger partial charge in [0.2, 0.25) is 0 Å². The van der Waals surface area contributed by atoms with Crippen molar-refractivity contribution in [2.75, 3.05) is 13.7 Å². The highest BCUT2D eigenvalue weighted by atomic mass is 16.3. The molecule has 0 radical (unpaired) electrons. The lowest BCUT2D eigenvalue weighted by Crippen LogP contribution is -2.31. The van der Waals surface area contributed by atoms with E-state index in [1.807, 2.05) is 17.8 Å². The first-order valence-electron chi connectivity index (χ1n) is 7.31. The van der Waals surface area contributed by atoms with Crippen LogP contribution in [0.4, 0.5) is 0 Å². The summed E-state index contributed by atoms with van der Waals surface area (Å²) in [5.74, 6) is 0.853. The Morgan fingerprint density at radius 3 is 2.57 bits per heavy atom. The number of likely N-dealkylation sites (tertiary alicyclic amines) is 1. The Bertz CT molecular complexity index is 618. The maximum Gasteiger partial charge on any atom is 0.173 e. The van der Waals surface area contributed by atoms with Crippen LogP contribution in [0.15, 0.2) is 18.2 Å². The van der Waals surface area contributed by atoms with Crippen LogP contribution in [0, 0.1) is 13.8 Å². The topological polar surface area (TPSA) is 67.1 Å². The van der Waals surface area contributed by atoms with Crippen LogP contribution in [0.3, 0.4) is 0 Å². The number of benzene rings is 1. The number of aliphatic hydroxyl groups excluding tert-OH is 1. The van der Waals surface area contributed by atoms with Crippen molar-refractivity contribution >= 4 is 0 Å². The van der Waals surface area contributed by atoms with Crippen LogP contribution in [0.25, 0.3) is 5.69 Å². The number of hydrogen-bond acceptors (Lipinski definition) is 5. The molecule has 21 heavy (non-hydrogen) atoms. The number of para-hydroxylation sites is 1. The molecular formula is C15H21N5O. The summed E-state index contributed by atoms with van der Waals surface area (Å²) in [4.78, 5) is 2.18. The molecule has 6 nitrogen and oxygen atoms in total. The predicted octanol–water partition coefficient (Wildman–Crippen LogP) is 1.41. The van der Waals surface area contributed by atoms with Crippen LogP contribution in [0.1, 0.15) is 35.8 Å². The van der Waals surface area contributed by atoms with E-state index in [1.54, 1.807) is 0 Å². The maximum atomic E-state index is 9.43. The number of aromatic nitrogens is 4. The lowest BCUT2D eigenvalue weighted by Gasteiger charge is -2.24. The molecule has 1 aromatic heterocycles. The van der Waals surface area contributed by atoms with Gasteiger partial charge in [0.15, 0.2) is 5.82 Å². The van der Waals surface area contributed by atoms with E-state index in [4.69, 9.17) is 0 Å². The monoisotopic (exact) mass is 287 g/mol. The first kappa shape index (κ1) is 14.2. The van der Waals surface area contributed by atoms with Crippen molar-refractivity contribution in [2.45, 2.75) is 38.8 Å². The van der Waals surface area contributed by atoms with Gasteiger partial charge in [0.05, 0.1) is 18.3 Å². The molecule has 1 saturated heterocycles. The molecule has 2 aromatic rings. The summed E-state index contributed by atoms with van der Waals surface area (Å²) in [5.41, 5.74) is 3.36. The number of tetrazole rings is 1. The van der Waals surface area contributed by atoms with Crippen molar-refractivity contribution in [2.24, 2.45) is 0 Å². The van der Waals surface area contributed by atoms with Crippen molar-refractivity contribution in [3.05, 3.63) is 35.2 Å². The van der Waals surface area contributed by atoms with Crippen LogP contribution in [-0.4, -0.2) is 49.9 Å². The second-order valence-electron chi connectivity index (χ2n) is 5.78. The summed E-state index contributed by atoms with van der Waals surface area (Å²) in [6.45, 7) is 4.32. The zero-order valence-corrected chi connectivity index (χ0v) is 12.7. The molecule has 0 aliphatic carbocycles. The lowest BCUT2D eigenvalue weighted by molar-refractivity contribution is 0.152. The highest BCUT2D eigenvalue weighted by molar-refractivity contribution is 5.46. The van der Waals surface area contributed by atoms with Gasteiger partial charge in [-0.15, -0.1) is 5.10 Å². The van der Waals surface area contributed by atoms with Crippen molar-refractivity contribution in [3.8, 4) is 5.69 Å². The van der Waals surface area contributed by atoms with Crippen LogP contribution in [0.2, 0.25) is 0 Å². The van der Waals surface area contributed by atoms with Gasteiger partial charge in [-0.3, -0.25) is 4.90 Å². The minimum absolute atomic E-state index is 0.149. The number of hydrogen-bond donors (Lipinski definition) is 1. The van der Waals surface area contributed by atoms with Gasteiger partial charge < -0.3 is 5.11 Å². The Hall–Kier alpha value is -1.79. The van der Waals surface area contributed by atoms with E-state index >= 15 is 0 Å². The third-order valence-electron chi connectivity index (χ3n) is 4.49. The molecule has 1 aliphatic rings. The van der Waals surface area contributed by atoms with E-state index < -0.39 is 0 Å². The van der Waals surface area contributed by atoms with Gasteiger partial charge in [-0.1, -0.05) is 18.2 Å². The van der Waals surface area contributed by atoms with E-state index in [9.17, 15) is 5.11 Å². The van der Waals surface area contributed by atoms with Gasteiger partial charge in [-0.05, 0) is 55.3 Å². The minimum Gasteiger partial charge on any atom is -0.395 e. The van der Waals surface area contributed by atoms with Crippen LogP contribution >= 0.6 is 0 Å². The zero-order chi connectivity index (χ0) is 15.0. The Kier molecular flexibility index (Phi) is 3.73. The van der Waals surface area contributed by atoms with Gasteiger partial charge in [-0.25, -0.2) is 0 Å². The normalized spacial score (nSPS) is 22.9. The molecular weight excluding hydrogens is 266 g/mol. The molecule has 112 valence electrons. The number of rotatable bonds is 3. The summed E-state index contributed by atoms with van der Waals surface area (Å²) >= 11 is 0. The average Bonchev–Trinajstić information content (AvgIpc) is 3.05. The second-order valence-corrected chi connectivity index (χ2v) is 5.78. The van der Waals surface area contributed by atoms with Crippen LogP contribution in [-0.2, 0) is 0 Å². The molecule has 2 atom stereocenters. The third kappa shape index (κ3) is 2.34. The number of aliphatic hydroxyl groups is 1. The van der Waals surface area contributed by atoms with Crippen LogP contribution < -0.4 is 0 Å². The molecule has 1 aliphatic heterocycles. The first-order chi connectivity index (χ1) is 10.1. The van der Waals surface area contributed by atoms with E-state index in [0.29, 0.717) is 0 Å². The summed E-state index contributed by atoms with van der Waals surface area (Å²) in [5, 5.41) is 21.8. The molecule has 1 fully saturated rings. The molecule has 3 rings (SSSR count). The average molecular weight is 287 g/mol. The van der Waals surface area contributed by atoms with Gasteiger partial charge >= 0.3 is 0 Å². The smallest absolute Gasteiger partial charge is 0.173 e. The molecule has 0 spiro atoms. The SMILES string of the molecule is Cc1cccc(C)c1-n1nnnc1[C@H]1CC[C@@H](CO)N1C. The number of aryl methyl sites for hydroxylation is 2. The van der Waals surface area contributed by atoms with E-state index in [1.165, 1.54) is 0 Å². The highest BCUT2D eigenvalue weighted by Crippen LogP contribution is 2.34. The Labute approximate surface area is 124 Å². The largest absolute Gasteiger partial charge is 0.395 e. The molecule has 2 heterocycles. The van der Waals surface area contributed by atoms with Crippen molar-refractivity contribution in [3.63, 3.8) is 0 Å². The Balaban J connectivity index is 2.03. The third-order valence-corrected chi connectivity index (χ3v) is 4.49. The fraction of sp³-hybridized carbons (Fsp3) is 0.533. The van der Waals surface area contributed by atoms with Gasteiger partial charge in [0.1, 0.15) is 0 Å². The highest BCUT2D eigenvalue weighted by Gasteiger charge is 2.35. The van der Waals surface area contributed by atoms with Crippen molar-refractivity contribution < 1.29 is 5.11 Å². The van der Waals surface area contributed by atoms with E-state index in [2.05, 4.69) is 46.4 Å². The predicted molar refractivity (Wildman–Crippen MR) is 79.2 cm³/mol. The molecule has 0 amide bonds. The molecule has 0 saturated carbocycles. The van der Waals surface area contributed by atoms with Gasteiger partial charge in [0, 0.05) is 6.04 Å². The number of nitrogens with zero attached hydrogens (tertiary/aromatic N) is 5. The minimum atomic E-state index is 0.149. The van der Waals surface area contributed by atoms with Crippen molar-refractivity contribution in [1.82, 2.24) is 25.1 Å². The van der Waals surface area contributed by atoms with Gasteiger partial charge in [0.25, 0.3) is 0 Å². The summed E-state index contributed by atoms with van der Waals surface area (Å²) < 4.78 is 1.85. The molecule has 0 unspecified atom stereocenters. The lowest BCUT2D eigenvalue weighted by atomic mass is 10.1. The van der Waals surface area contributed by atoms with Crippen molar-refractivity contribution in [1.29, 1.82) is 0 Å². The second kappa shape index (κ2) is 5.54. The zero-order valence-electron chi connectivity index (χ0n) is 12.7. The fourth-order valence-corrected chi connectivity index (χ4v) is 3.24. The molecule has 6 heteroatoms. The maximum absolute atomic E-state index is 9.43. The first-order valence-corrected chi connectivity index (χ1v) is 7.31. The van der Waals surface area contributed by atoms with Crippen LogP contribution in [0.5, 0.6) is 0 Å². The molecule has 0 bridgehead atoms. The molecule has 1 aromatic carbocycles. The Morgan fingerprint density at radius 1 is 1.24 bits per heavy atom. The summed E-state index contributed by atoms with van der Waals surface area (Å²) in [7, 11) is 2.03.